The number of imide groups is 1. The SMILES string of the molecule is O=C1CCC(N2Cc3cc4c(cc3C2=O)OCC42CCN(Cc3c[nH]c4ccccc34)CC2)C(=O)N1. The molecule has 3 amide bonds. The second-order valence-electron chi connectivity index (χ2n) is 10.6. The molecule has 0 saturated carbocycles. The van der Waals surface area contributed by atoms with Crippen LogP contribution in [0.25, 0.3) is 10.9 Å². The van der Waals surface area contributed by atoms with Crippen molar-refractivity contribution in [2.24, 2.45) is 0 Å². The van der Waals surface area contributed by atoms with Crippen LogP contribution in [0.5, 0.6) is 5.75 Å². The molecule has 1 spiro atoms. The van der Waals surface area contributed by atoms with Gasteiger partial charge in [0.15, 0.2) is 0 Å². The summed E-state index contributed by atoms with van der Waals surface area (Å²) in [5.41, 5.74) is 5.24. The Balaban J connectivity index is 1.09. The van der Waals surface area contributed by atoms with E-state index >= 15 is 0 Å². The van der Waals surface area contributed by atoms with Crippen LogP contribution in [-0.4, -0.2) is 58.2 Å². The number of nitrogens with one attached hydrogen (secondary N) is 2. The first-order valence-electron chi connectivity index (χ1n) is 12.7. The van der Waals surface area contributed by atoms with Gasteiger partial charge in [0.25, 0.3) is 5.91 Å². The zero-order chi connectivity index (χ0) is 24.4. The molecule has 5 heterocycles. The number of H-pyrrole nitrogens is 1. The number of aromatic nitrogens is 1. The molecule has 1 aromatic heterocycles. The third-order valence-electron chi connectivity index (χ3n) is 8.58. The normalized spacial score (nSPS) is 23.2. The molecule has 2 fully saturated rings. The lowest BCUT2D eigenvalue weighted by molar-refractivity contribution is -0.136. The maximum absolute atomic E-state index is 13.2. The number of hydrogen-bond acceptors (Lipinski definition) is 5. The summed E-state index contributed by atoms with van der Waals surface area (Å²) in [7, 11) is 0. The summed E-state index contributed by atoms with van der Waals surface area (Å²) in [4.78, 5) is 44.6. The van der Waals surface area contributed by atoms with Crippen molar-refractivity contribution in [3.05, 3.63) is 64.8 Å². The molecule has 1 unspecified atom stereocenters. The van der Waals surface area contributed by atoms with Crippen molar-refractivity contribution in [1.29, 1.82) is 0 Å². The van der Waals surface area contributed by atoms with Crippen molar-refractivity contribution in [3.8, 4) is 5.75 Å². The minimum Gasteiger partial charge on any atom is -0.492 e. The van der Waals surface area contributed by atoms with Crippen molar-refractivity contribution in [1.82, 2.24) is 20.1 Å². The molecule has 4 aliphatic heterocycles. The van der Waals surface area contributed by atoms with E-state index < -0.39 is 6.04 Å². The van der Waals surface area contributed by atoms with Crippen molar-refractivity contribution >= 4 is 28.6 Å². The quantitative estimate of drug-likeness (QED) is 0.558. The Morgan fingerprint density at radius 3 is 2.75 bits per heavy atom. The van der Waals surface area contributed by atoms with Gasteiger partial charge in [0, 0.05) is 53.2 Å². The van der Waals surface area contributed by atoms with E-state index in [-0.39, 0.29) is 29.6 Å². The van der Waals surface area contributed by atoms with Crippen LogP contribution in [0.4, 0.5) is 0 Å². The highest BCUT2D eigenvalue weighted by atomic mass is 16.5. The van der Waals surface area contributed by atoms with E-state index in [0.29, 0.717) is 25.1 Å². The fourth-order valence-corrected chi connectivity index (χ4v) is 6.48. The van der Waals surface area contributed by atoms with E-state index in [1.54, 1.807) is 4.90 Å². The first-order chi connectivity index (χ1) is 17.5. The number of ether oxygens (including phenoxy) is 1. The van der Waals surface area contributed by atoms with Crippen LogP contribution in [0.3, 0.4) is 0 Å². The van der Waals surface area contributed by atoms with E-state index in [0.717, 1.165) is 43.8 Å². The topological polar surface area (TPSA) is 94.7 Å². The number of nitrogens with zero attached hydrogens (tertiary/aromatic N) is 2. The lowest BCUT2D eigenvalue weighted by Crippen LogP contribution is -2.52. The van der Waals surface area contributed by atoms with Gasteiger partial charge in [-0.1, -0.05) is 18.2 Å². The first-order valence-corrected chi connectivity index (χ1v) is 12.7. The zero-order valence-electron chi connectivity index (χ0n) is 20.0. The number of fused-ring (bicyclic) bond motifs is 4. The summed E-state index contributed by atoms with van der Waals surface area (Å²) < 4.78 is 6.16. The highest BCUT2D eigenvalue weighted by molar-refractivity contribution is 6.05. The molecule has 184 valence electrons. The van der Waals surface area contributed by atoms with Gasteiger partial charge in [-0.05, 0) is 61.7 Å². The number of para-hydroxylation sites is 1. The van der Waals surface area contributed by atoms with Gasteiger partial charge in [-0.2, -0.15) is 0 Å². The lowest BCUT2D eigenvalue weighted by atomic mass is 9.74. The smallest absolute Gasteiger partial charge is 0.255 e. The number of rotatable bonds is 3. The van der Waals surface area contributed by atoms with Crippen LogP contribution < -0.4 is 10.1 Å². The maximum atomic E-state index is 13.2. The Morgan fingerprint density at radius 2 is 1.92 bits per heavy atom. The zero-order valence-corrected chi connectivity index (χ0v) is 20.0. The van der Waals surface area contributed by atoms with E-state index in [2.05, 4.69) is 51.7 Å². The fraction of sp³-hybridized carbons (Fsp3) is 0.393. The molecule has 0 aliphatic carbocycles. The van der Waals surface area contributed by atoms with Crippen LogP contribution in [0.1, 0.15) is 52.7 Å². The molecule has 36 heavy (non-hydrogen) atoms. The standard InChI is InChI=1S/C28H28N4O4/c33-25-6-5-23(26(34)30-25)32-15-17-11-21-24(12-20(17)27(32)35)36-16-28(21)7-9-31(10-8-28)14-18-13-29-22-4-2-1-3-19(18)22/h1-4,11-13,23,29H,5-10,14-16H2,(H,30,33,34). The molecule has 8 heteroatoms. The summed E-state index contributed by atoms with van der Waals surface area (Å²) in [6, 6.07) is 11.9. The highest BCUT2D eigenvalue weighted by Gasteiger charge is 2.46. The minimum atomic E-state index is -0.597. The second kappa shape index (κ2) is 7.93. The Hall–Kier alpha value is -3.65. The Kier molecular flexibility index (Phi) is 4.76. The number of piperidine rings is 2. The second-order valence-corrected chi connectivity index (χ2v) is 10.6. The minimum absolute atomic E-state index is 0.0355. The van der Waals surface area contributed by atoms with Crippen LogP contribution in [0.2, 0.25) is 0 Å². The highest BCUT2D eigenvalue weighted by Crippen LogP contribution is 2.48. The van der Waals surface area contributed by atoms with Crippen molar-refractivity contribution < 1.29 is 19.1 Å². The predicted molar refractivity (Wildman–Crippen MR) is 132 cm³/mol. The number of aromatic amines is 1. The summed E-state index contributed by atoms with van der Waals surface area (Å²) in [6.07, 6.45) is 4.76. The molecule has 7 rings (SSSR count). The van der Waals surface area contributed by atoms with Crippen LogP contribution in [0, 0.1) is 0 Å². The van der Waals surface area contributed by atoms with Gasteiger partial charge in [-0.25, -0.2) is 0 Å². The maximum Gasteiger partial charge on any atom is 0.255 e. The number of carbonyl (C=O) groups is 3. The number of amides is 3. The van der Waals surface area contributed by atoms with E-state index in [9.17, 15) is 14.4 Å². The third-order valence-corrected chi connectivity index (χ3v) is 8.58. The molecule has 2 N–H and O–H groups in total. The molecular weight excluding hydrogens is 456 g/mol. The fourth-order valence-electron chi connectivity index (χ4n) is 6.48. The summed E-state index contributed by atoms with van der Waals surface area (Å²) in [5, 5.41) is 3.66. The lowest BCUT2D eigenvalue weighted by Gasteiger charge is -2.38. The van der Waals surface area contributed by atoms with Gasteiger partial charge in [-0.15, -0.1) is 0 Å². The van der Waals surface area contributed by atoms with Crippen LogP contribution in [0.15, 0.2) is 42.6 Å². The van der Waals surface area contributed by atoms with Gasteiger partial charge >= 0.3 is 0 Å². The molecule has 8 nitrogen and oxygen atoms in total. The van der Waals surface area contributed by atoms with Crippen molar-refractivity contribution in [3.63, 3.8) is 0 Å². The summed E-state index contributed by atoms with van der Waals surface area (Å²) in [6.45, 7) is 3.95. The Bertz CT molecular complexity index is 1420. The van der Waals surface area contributed by atoms with Gasteiger partial charge in [0.05, 0.1) is 6.61 Å². The summed E-state index contributed by atoms with van der Waals surface area (Å²) in [5.74, 6) is -0.00120. The molecule has 4 aliphatic rings. The Labute approximate surface area is 208 Å². The van der Waals surface area contributed by atoms with Gasteiger partial charge in [0.1, 0.15) is 11.8 Å². The third kappa shape index (κ3) is 3.27. The van der Waals surface area contributed by atoms with E-state index in [1.165, 1.54) is 22.0 Å². The van der Waals surface area contributed by atoms with Crippen molar-refractivity contribution in [2.45, 2.75) is 50.2 Å². The largest absolute Gasteiger partial charge is 0.492 e. The van der Waals surface area contributed by atoms with E-state index in [1.807, 2.05) is 6.07 Å². The van der Waals surface area contributed by atoms with Crippen LogP contribution >= 0.6 is 0 Å². The van der Waals surface area contributed by atoms with Gasteiger partial charge in [-0.3, -0.25) is 24.6 Å². The van der Waals surface area contributed by atoms with Crippen molar-refractivity contribution in [2.75, 3.05) is 19.7 Å². The monoisotopic (exact) mass is 484 g/mol. The number of benzene rings is 2. The summed E-state index contributed by atoms with van der Waals surface area (Å²) >= 11 is 0. The predicted octanol–water partition coefficient (Wildman–Crippen LogP) is 2.86. The average molecular weight is 485 g/mol. The molecule has 3 aromatic rings. The molecule has 0 radical (unpaired) electrons. The molecule has 0 bridgehead atoms. The molecular formula is C28H28N4O4. The Morgan fingerprint density at radius 1 is 1.08 bits per heavy atom. The number of carbonyl (C=O) groups excluding carboxylic acids is 3. The molecule has 2 aromatic carbocycles. The van der Waals surface area contributed by atoms with Gasteiger partial charge in [0.2, 0.25) is 11.8 Å². The molecule has 2 saturated heterocycles. The first kappa shape index (κ1) is 21.6. The van der Waals surface area contributed by atoms with Gasteiger partial charge < -0.3 is 14.6 Å². The molecule has 1 atom stereocenters. The number of hydrogen-bond donors (Lipinski definition) is 2. The van der Waals surface area contributed by atoms with E-state index in [4.69, 9.17) is 4.74 Å². The van der Waals surface area contributed by atoms with Crippen LogP contribution in [-0.2, 0) is 28.1 Å². The average Bonchev–Trinajstić information content (AvgIpc) is 3.54. The number of likely N-dealkylation sites (tertiary alicyclic amines) is 1.